The van der Waals surface area contributed by atoms with Crippen LogP contribution in [0.3, 0.4) is 0 Å². The van der Waals surface area contributed by atoms with E-state index in [0.717, 1.165) is 6.42 Å². The average molecular weight is 172 g/mol. The van der Waals surface area contributed by atoms with Gasteiger partial charge >= 0.3 is 0 Å². The van der Waals surface area contributed by atoms with E-state index in [1.54, 1.807) is 0 Å². The van der Waals surface area contributed by atoms with Gasteiger partial charge in [0.2, 0.25) is 0 Å². The zero-order valence-electron chi connectivity index (χ0n) is 8.00. The van der Waals surface area contributed by atoms with E-state index in [2.05, 4.69) is 36.9 Å². The normalized spacial score (nSPS) is 18.2. The van der Waals surface area contributed by atoms with Crippen molar-refractivity contribution >= 4 is 0 Å². The van der Waals surface area contributed by atoms with Crippen LogP contribution in [-0.2, 0) is 5.41 Å². The summed E-state index contributed by atoms with van der Waals surface area (Å²) in [5.74, 6) is 0. The Morgan fingerprint density at radius 3 is 2.46 bits per heavy atom. The number of rotatable bonds is 4. The van der Waals surface area contributed by atoms with E-state index in [4.69, 9.17) is 0 Å². The molecule has 1 saturated carbocycles. The Morgan fingerprint density at radius 1 is 1.23 bits per heavy atom. The summed E-state index contributed by atoms with van der Waals surface area (Å²) in [6, 6.07) is 10.9. The molecule has 0 radical (unpaired) electrons. The molecule has 0 saturated heterocycles. The van der Waals surface area contributed by atoms with Gasteiger partial charge in [0, 0.05) is 0 Å². The summed E-state index contributed by atoms with van der Waals surface area (Å²) in [7, 11) is 0. The highest BCUT2D eigenvalue weighted by Crippen LogP contribution is 2.51. The standard InChI is InChI=1S/C13H16/c1-2-3-9-13(10-11-13)12-7-5-4-6-8-12/h2,4-8H,1,3,9-11H2. The average Bonchev–Trinajstić information content (AvgIpc) is 2.97. The van der Waals surface area contributed by atoms with Gasteiger partial charge in [0.05, 0.1) is 0 Å². The summed E-state index contributed by atoms with van der Waals surface area (Å²) in [5, 5.41) is 0. The molecule has 1 aliphatic carbocycles. The second-order valence-corrected chi connectivity index (χ2v) is 3.97. The van der Waals surface area contributed by atoms with E-state index in [-0.39, 0.29) is 0 Å². The van der Waals surface area contributed by atoms with Crippen molar-refractivity contribution in [1.29, 1.82) is 0 Å². The van der Waals surface area contributed by atoms with Gasteiger partial charge in [-0.3, -0.25) is 0 Å². The van der Waals surface area contributed by atoms with Gasteiger partial charge in [-0.1, -0.05) is 36.4 Å². The van der Waals surface area contributed by atoms with Crippen LogP contribution >= 0.6 is 0 Å². The smallest absolute Gasteiger partial charge is 0.00434 e. The molecule has 0 N–H and O–H groups in total. The summed E-state index contributed by atoms with van der Waals surface area (Å²) in [6.07, 6.45) is 7.19. The van der Waals surface area contributed by atoms with Crippen LogP contribution in [0.25, 0.3) is 0 Å². The molecule has 0 bridgehead atoms. The molecular formula is C13H16. The van der Waals surface area contributed by atoms with Gasteiger partial charge in [0.25, 0.3) is 0 Å². The minimum absolute atomic E-state index is 0.523. The maximum atomic E-state index is 3.79. The fraction of sp³-hybridized carbons (Fsp3) is 0.385. The Morgan fingerprint density at radius 2 is 1.92 bits per heavy atom. The molecule has 68 valence electrons. The van der Waals surface area contributed by atoms with E-state index in [1.807, 2.05) is 6.08 Å². The van der Waals surface area contributed by atoms with Crippen molar-refractivity contribution in [1.82, 2.24) is 0 Å². The van der Waals surface area contributed by atoms with Crippen LogP contribution < -0.4 is 0 Å². The predicted molar refractivity (Wildman–Crippen MR) is 56.8 cm³/mol. The van der Waals surface area contributed by atoms with Crippen molar-refractivity contribution in [2.75, 3.05) is 0 Å². The van der Waals surface area contributed by atoms with E-state index in [0.29, 0.717) is 5.41 Å². The third kappa shape index (κ3) is 1.67. The first-order valence-electron chi connectivity index (χ1n) is 5.04. The zero-order valence-corrected chi connectivity index (χ0v) is 8.00. The third-order valence-corrected chi connectivity index (χ3v) is 3.07. The lowest BCUT2D eigenvalue weighted by Gasteiger charge is -2.13. The van der Waals surface area contributed by atoms with Crippen LogP contribution in [0.1, 0.15) is 31.2 Å². The Balaban J connectivity index is 2.11. The maximum absolute atomic E-state index is 3.79. The minimum Gasteiger partial charge on any atom is -0.103 e. The second kappa shape index (κ2) is 3.37. The summed E-state index contributed by atoms with van der Waals surface area (Å²) >= 11 is 0. The van der Waals surface area contributed by atoms with Crippen LogP contribution in [0.2, 0.25) is 0 Å². The largest absolute Gasteiger partial charge is 0.103 e. The Bertz CT molecular complexity index is 280. The molecule has 1 aromatic carbocycles. The van der Waals surface area contributed by atoms with Gasteiger partial charge in [0.15, 0.2) is 0 Å². The van der Waals surface area contributed by atoms with E-state index >= 15 is 0 Å². The van der Waals surface area contributed by atoms with Gasteiger partial charge in [-0.2, -0.15) is 0 Å². The zero-order chi connectivity index (χ0) is 9.15. The quantitative estimate of drug-likeness (QED) is 0.608. The van der Waals surface area contributed by atoms with Crippen molar-refractivity contribution in [3.05, 3.63) is 48.6 Å². The van der Waals surface area contributed by atoms with Gasteiger partial charge < -0.3 is 0 Å². The molecule has 1 aliphatic rings. The lowest BCUT2D eigenvalue weighted by Crippen LogP contribution is -2.05. The Hall–Kier alpha value is -1.04. The molecule has 0 amide bonds. The first-order valence-corrected chi connectivity index (χ1v) is 5.04. The third-order valence-electron chi connectivity index (χ3n) is 3.07. The lowest BCUT2D eigenvalue weighted by molar-refractivity contribution is 0.628. The predicted octanol–water partition coefficient (Wildman–Crippen LogP) is 3.68. The molecule has 1 fully saturated rings. The van der Waals surface area contributed by atoms with Crippen LogP contribution in [-0.4, -0.2) is 0 Å². The summed E-state index contributed by atoms with van der Waals surface area (Å²) in [5.41, 5.74) is 2.05. The molecule has 0 atom stereocenters. The fourth-order valence-corrected chi connectivity index (χ4v) is 2.00. The van der Waals surface area contributed by atoms with Crippen molar-refractivity contribution in [3.63, 3.8) is 0 Å². The highest BCUT2D eigenvalue weighted by molar-refractivity contribution is 5.30. The highest BCUT2D eigenvalue weighted by Gasteiger charge is 2.42. The number of hydrogen-bond acceptors (Lipinski definition) is 0. The maximum Gasteiger partial charge on any atom is -0.00434 e. The van der Waals surface area contributed by atoms with Crippen molar-refractivity contribution < 1.29 is 0 Å². The monoisotopic (exact) mass is 172 g/mol. The van der Waals surface area contributed by atoms with Gasteiger partial charge in [-0.05, 0) is 36.7 Å². The molecule has 2 rings (SSSR count). The Labute approximate surface area is 80.3 Å². The first kappa shape index (κ1) is 8.55. The number of hydrogen-bond donors (Lipinski definition) is 0. The van der Waals surface area contributed by atoms with Gasteiger partial charge in [0.1, 0.15) is 0 Å². The van der Waals surface area contributed by atoms with Crippen LogP contribution in [0.15, 0.2) is 43.0 Å². The Kier molecular flexibility index (Phi) is 2.22. The van der Waals surface area contributed by atoms with E-state index in [1.165, 1.54) is 24.8 Å². The molecular weight excluding hydrogens is 156 g/mol. The molecule has 1 aromatic rings. The summed E-state index contributed by atoms with van der Waals surface area (Å²) in [6.45, 7) is 3.79. The van der Waals surface area contributed by atoms with Crippen LogP contribution in [0.4, 0.5) is 0 Å². The molecule has 0 nitrogen and oxygen atoms in total. The number of allylic oxidation sites excluding steroid dienone is 1. The summed E-state index contributed by atoms with van der Waals surface area (Å²) < 4.78 is 0. The van der Waals surface area contributed by atoms with Crippen LogP contribution in [0, 0.1) is 0 Å². The molecule has 13 heavy (non-hydrogen) atoms. The van der Waals surface area contributed by atoms with Gasteiger partial charge in [-0.15, -0.1) is 6.58 Å². The lowest BCUT2D eigenvalue weighted by atomic mass is 9.91. The molecule has 0 spiro atoms. The molecule has 0 heterocycles. The molecule has 0 unspecified atom stereocenters. The van der Waals surface area contributed by atoms with Crippen molar-refractivity contribution in [3.8, 4) is 0 Å². The molecule has 0 aromatic heterocycles. The van der Waals surface area contributed by atoms with E-state index < -0.39 is 0 Å². The van der Waals surface area contributed by atoms with Crippen molar-refractivity contribution in [2.24, 2.45) is 0 Å². The van der Waals surface area contributed by atoms with Gasteiger partial charge in [-0.25, -0.2) is 0 Å². The molecule has 0 aliphatic heterocycles. The minimum atomic E-state index is 0.523. The first-order chi connectivity index (χ1) is 6.37. The topological polar surface area (TPSA) is 0 Å². The second-order valence-electron chi connectivity index (χ2n) is 3.97. The number of benzene rings is 1. The van der Waals surface area contributed by atoms with Crippen LogP contribution in [0.5, 0.6) is 0 Å². The summed E-state index contributed by atoms with van der Waals surface area (Å²) in [4.78, 5) is 0. The SMILES string of the molecule is C=CCCC1(c2ccccc2)CC1. The van der Waals surface area contributed by atoms with Crippen molar-refractivity contribution in [2.45, 2.75) is 31.1 Å². The molecule has 0 heteroatoms. The highest BCUT2D eigenvalue weighted by atomic mass is 14.5. The van der Waals surface area contributed by atoms with E-state index in [9.17, 15) is 0 Å². The fourth-order valence-electron chi connectivity index (χ4n) is 2.00.